The molecule has 1 aromatic heterocycles. The molecule has 6 nitrogen and oxygen atoms in total. The Morgan fingerprint density at radius 2 is 2.15 bits per heavy atom. The predicted octanol–water partition coefficient (Wildman–Crippen LogP) is 1.37. The van der Waals surface area contributed by atoms with E-state index in [1.807, 2.05) is 7.05 Å². The number of H-pyrrole nitrogens is 1. The Bertz CT molecular complexity index is 671. The zero-order valence-corrected chi connectivity index (χ0v) is 13.3. The van der Waals surface area contributed by atoms with Crippen molar-refractivity contribution in [2.75, 3.05) is 7.05 Å². The first-order chi connectivity index (χ1) is 9.53. The zero-order chi connectivity index (χ0) is 14.6. The maximum absolute atomic E-state index is 12.2. The summed E-state index contributed by atoms with van der Waals surface area (Å²) in [6.45, 7) is 0.804. The van der Waals surface area contributed by atoms with Gasteiger partial charge in [0.15, 0.2) is 0 Å². The van der Waals surface area contributed by atoms with Crippen molar-refractivity contribution in [1.82, 2.24) is 20.0 Å². The van der Waals surface area contributed by atoms with E-state index in [9.17, 15) is 8.42 Å². The molecule has 0 amide bonds. The highest BCUT2D eigenvalue weighted by Crippen LogP contribution is 2.23. The predicted molar refractivity (Wildman–Crippen MR) is 79.5 cm³/mol. The van der Waals surface area contributed by atoms with E-state index in [1.165, 1.54) is 0 Å². The van der Waals surface area contributed by atoms with Crippen molar-refractivity contribution in [3.8, 4) is 0 Å². The largest absolute Gasteiger partial charge is 0.347 e. The van der Waals surface area contributed by atoms with E-state index < -0.39 is 10.0 Å². The molecular formula is C12H15BrN4O2S. The molecule has 0 saturated heterocycles. The summed E-state index contributed by atoms with van der Waals surface area (Å²) in [4.78, 5) is 7.03. The summed E-state index contributed by atoms with van der Waals surface area (Å²) in [6, 6.07) is 5.15. The molecule has 0 radical (unpaired) electrons. The molecule has 0 aliphatic heterocycles. The van der Waals surface area contributed by atoms with Crippen molar-refractivity contribution in [3.63, 3.8) is 0 Å². The Balaban J connectivity index is 2.16. The third kappa shape index (κ3) is 3.66. The van der Waals surface area contributed by atoms with Gasteiger partial charge in [-0.25, -0.2) is 18.1 Å². The molecular weight excluding hydrogens is 344 g/mol. The van der Waals surface area contributed by atoms with E-state index in [4.69, 9.17) is 0 Å². The molecule has 0 bridgehead atoms. The van der Waals surface area contributed by atoms with Crippen LogP contribution in [0.1, 0.15) is 11.4 Å². The van der Waals surface area contributed by atoms with Crippen LogP contribution in [-0.2, 0) is 23.1 Å². The van der Waals surface area contributed by atoms with Gasteiger partial charge in [0.05, 0.1) is 11.4 Å². The normalized spacial score (nSPS) is 11.7. The van der Waals surface area contributed by atoms with Gasteiger partial charge in [0, 0.05) is 23.4 Å². The van der Waals surface area contributed by atoms with E-state index >= 15 is 0 Å². The lowest BCUT2D eigenvalue weighted by molar-refractivity contribution is 0.579. The molecule has 1 heterocycles. The molecule has 0 saturated carbocycles. The Morgan fingerprint density at radius 3 is 2.75 bits per heavy atom. The van der Waals surface area contributed by atoms with Gasteiger partial charge in [-0.05, 0) is 40.7 Å². The van der Waals surface area contributed by atoms with Crippen LogP contribution in [0, 0.1) is 0 Å². The maximum atomic E-state index is 12.2. The summed E-state index contributed by atoms with van der Waals surface area (Å²) in [5, 5.41) is 3.01. The second-order valence-electron chi connectivity index (χ2n) is 4.16. The van der Waals surface area contributed by atoms with Gasteiger partial charge in [0.1, 0.15) is 5.82 Å². The number of nitrogens with zero attached hydrogens (tertiary/aromatic N) is 1. The Labute approximate surface area is 126 Å². The molecule has 0 aliphatic rings. The highest BCUT2D eigenvalue weighted by molar-refractivity contribution is 9.10. The lowest BCUT2D eigenvalue weighted by atomic mass is 10.2. The molecule has 0 fully saturated rings. The quantitative estimate of drug-likeness (QED) is 0.727. The van der Waals surface area contributed by atoms with Crippen LogP contribution in [0.25, 0.3) is 0 Å². The summed E-state index contributed by atoms with van der Waals surface area (Å²) in [6.07, 6.45) is 3.22. The zero-order valence-electron chi connectivity index (χ0n) is 10.9. The van der Waals surface area contributed by atoms with Crippen LogP contribution in [0.3, 0.4) is 0 Å². The number of hydrogen-bond donors (Lipinski definition) is 3. The van der Waals surface area contributed by atoms with E-state index in [-0.39, 0.29) is 11.4 Å². The number of nitrogens with one attached hydrogen (secondary N) is 3. The number of imidazole rings is 1. The molecule has 8 heteroatoms. The Morgan fingerprint density at radius 1 is 1.35 bits per heavy atom. The van der Waals surface area contributed by atoms with Crippen LogP contribution in [-0.4, -0.2) is 25.4 Å². The lowest BCUT2D eigenvalue weighted by Gasteiger charge is -2.09. The second-order valence-corrected chi connectivity index (χ2v) is 6.75. The van der Waals surface area contributed by atoms with Crippen molar-refractivity contribution in [3.05, 3.63) is 46.5 Å². The summed E-state index contributed by atoms with van der Waals surface area (Å²) in [5.74, 6) is 0.566. The first kappa shape index (κ1) is 15.2. The van der Waals surface area contributed by atoms with E-state index in [2.05, 4.69) is 35.9 Å². The molecule has 0 atom stereocenters. The summed E-state index contributed by atoms with van der Waals surface area (Å²) in [5.41, 5.74) is 1.00. The van der Waals surface area contributed by atoms with Crippen molar-refractivity contribution in [1.29, 1.82) is 0 Å². The van der Waals surface area contributed by atoms with Gasteiger partial charge in [-0.1, -0.05) is 6.07 Å². The molecule has 2 rings (SSSR count). The summed E-state index contributed by atoms with van der Waals surface area (Å²) in [7, 11) is -1.74. The van der Waals surface area contributed by atoms with Crippen LogP contribution >= 0.6 is 15.9 Å². The van der Waals surface area contributed by atoms with Crippen LogP contribution in [0.15, 0.2) is 40.0 Å². The number of sulfonamides is 1. The van der Waals surface area contributed by atoms with Crippen LogP contribution in [0.4, 0.5) is 0 Å². The molecule has 2 aromatic rings. The van der Waals surface area contributed by atoms with Crippen LogP contribution < -0.4 is 10.0 Å². The Hall–Kier alpha value is -1.22. The molecule has 3 N–H and O–H groups in total. The molecule has 108 valence electrons. The van der Waals surface area contributed by atoms with Gasteiger partial charge >= 0.3 is 0 Å². The minimum atomic E-state index is -3.58. The number of halogens is 1. The summed E-state index contributed by atoms with van der Waals surface area (Å²) >= 11 is 3.30. The van der Waals surface area contributed by atoms with Gasteiger partial charge in [-0.15, -0.1) is 0 Å². The Kier molecular flexibility index (Phi) is 4.92. The van der Waals surface area contributed by atoms with Gasteiger partial charge in [0.2, 0.25) is 10.0 Å². The lowest BCUT2D eigenvalue weighted by Crippen LogP contribution is -2.24. The second kappa shape index (κ2) is 6.49. The maximum Gasteiger partial charge on any atom is 0.242 e. The highest BCUT2D eigenvalue weighted by Gasteiger charge is 2.17. The molecule has 0 spiro atoms. The average Bonchev–Trinajstić information content (AvgIpc) is 2.90. The number of rotatable bonds is 6. The monoisotopic (exact) mass is 358 g/mol. The van der Waals surface area contributed by atoms with Crippen molar-refractivity contribution in [2.24, 2.45) is 0 Å². The molecule has 20 heavy (non-hydrogen) atoms. The van der Waals surface area contributed by atoms with Gasteiger partial charge in [-0.2, -0.15) is 0 Å². The van der Waals surface area contributed by atoms with Gasteiger partial charge in [0.25, 0.3) is 0 Å². The van der Waals surface area contributed by atoms with E-state index in [0.29, 0.717) is 16.8 Å². The minimum Gasteiger partial charge on any atom is -0.347 e. The van der Waals surface area contributed by atoms with Crippen LogP contribution in [0.5, 0.6) is 0 Å². The number of aromatic nitrogens is 2. The highest BCUT2D eigenvalue weighted by atomic mass is 79.9. The third-order valence-electron chi connectivity index (χ3n) is 2.65. The molecule has 0 unspecified atom stereocenters. The smallest absolute Gasteiger partial charge is 0.242 e. The SMILES string of the molecule is CNCc1ccc(S(=O)(=O)NCc2ncc[nH]2)c(Br)c1. The minimum absolute atomic E-state index is 0.125. The number of aromatic amines is 1. The molecule has 1 aromatic carbocycles. The van der Waals surface area contributed by atoms with E-state index in [0.717, 1.165) is 5.56 Å². The fourth-order valence-electron chi connectivity index (χ4n) is 1.71. The first-order valence-corrected chi connectivity index (χ1v) is 8.21. The fourth-order valence-corrected chi connectivity index (χ4v) is 3.82. The standard InChI is InChI=1S/C12H15BrN4O2S/c1-14-7-9-2-3-11(10(13)6-9)20(18,19)17-8-12-15-4-5-16-12/h2-6,14,17H,7-8H2,1H3,(H,15,16). The van der Waals surface area contributed by atoms with Gasteiger partial charge < -0.3 is 10.3 Å². The van der Waals surface area contributed by atoms with Crippen molar-refractivity contribution in [2.45, 2.75) is 18.0 Å². The number of benzene rings is 1. The fraction of sp³-hybridized carbons (Fsp3) is 0.250. The summed E-state index contributed by atoms with van der Waals surface area (Å²) < 4.78 is 27.5. The van der Waals surface area contributed by atoms with Gasteiger partial charge in [-0.3, -0.25) is 0 Å². The van der Waals surface area contributed by atoms with Crippen LogP contribution in [0.2, 0.25) is 0 Å². The average molecular weight is 359 g/mol. The number of hydrogen-bond acceptors (Lipinski definition) is 4. The topological polar surface area (TPSA) is 86.9 Å². The molecule has 0 aliphatic carbocycles. The van der Waals surface area contributed by atoms with Crippen molar-refractivity contribution < 1.29 is 8.42 Å². The first-order valence-electron chi connectivity index (χ1n) is 5.94. The van der Waals surface area contributed by atoms with E-state index in [1.54, 1.807) is 30.6 Å². The van der Waals surface area contributed by atoms with Crippen molar-refractivity contribution >= 4 is 26.0 Å². The third-order valence-corrected chi connectivity index (χ3v) is 5.03.